The quantitative estimate of drug-likeness (QED) is 0.325. The van der Waals surface area contributed by atoms with Gasteiger partial charge in [0.05, 0.1) is 10.3 Å². The molecule has 1 aliphatic rings. The summed E-state index contributed by atoms with van der Waals surface area (Å²) in [4.78, 5) is 38.4. The molecule has 0 spiro atoms. The Labute approximate surface area is 223 Å². The molecule has 4 rings (SSSR count). The van der Waals surface area contributed by atoms with E-state index in [0.29, 0.717) is 41.2 Å². The number of aryl methyl sites for hydroxylation is 1. The summed E-state index contributed by atoms with van der Waals surface area (Å²) < 4.78 is 40.6. The van der Waals surface area contributed by atoms with Crippen molar-refractivity contribution in [3.05, 3.63) is 58.5 Å². The molecule has 0 aliphatic carbocycles. The Bertz CT molecular complexity index is 1520. The number of rotatable bonds is 9. The standard InChI is InChI=1S/C24H27N5O7S2/c1-3-29-24(32)17-7-5-4-6-16(17)21(27-29)23(31)26-25-22(30)18(10-13-37-2)28-38(33,34)15-8-9-19-20(14-15)36-12-11-35-19/h4-9,14,18,28H,3,10-13H2,1-2H3,(H,25,30)(H,26,31). The Morgan fingerprint density at radius 3 is 2.50 bits per heavy atom. The number of hydrogen-bond acceptors (Lipinski definition) is 9. The highest BCUT2D eigenvalue weighted by Crippen LogP contribution is 2.32. The molecule has 1 unspecified atom stereocenters. The monoisotopic (exact) mass is 561 g/mol. The van der Waals surface area contributed by atoms with Crippen LogP contribution in [-0.4, -0.2) is 61.3 Å². The molecular weight excluding hydrogens is 534 g/mol. The van der Waals surface area contributed by atoms with Crippen LogP contribution in [0.25, 0.3) is 10.8 Å². The van der Waals surface area contributed by atoms with Gasteiger partial charge in [0.25, 0.3) is 17.4 Å². The second kappa shape index (κ2) is 11.8. The summed E-state index contributed by atoms with van der Waals surface area (Å²) in [6.45, 7) is 2.62. The van der Waals surface area contributed by atoms with E-state index in [1.165, 1.54) is 30.0 Å². The molecule has 1 aromatic heterocycles. The van der Waals surface area contributed by atoms with Gasteiger partial charge in [-0.25, -0.2) is 13.1 Å². The van der Waals surface area contributed by atoms with Crippen LogP contribution >= 0.6 is 11.8 Å². The lowest BCUT2D eigenvalue weighted by atomic mass is 10.1. The maximum atomic E-state index is 13.1. The number of nitrogens with one attached hydrogen (secondary N) is 3. The molecule has 202 valence electrons. The third-order valence-electron chi connectivity index (χ3n) is 5.73. The number of thioether (sulfide) groups is 1. The fourth-order valence-corrected chi connectivity index (χ4v) is 5.52. The number of aromatic nitrogens is 2. The zero-order valence-electron chi connectivity index (χ0n) is 20.7. The van der Waals surface area contributed by atoms with Crippen molar-refractivity contribution < 1.29 is 27.5 Å². The Morgan fingerprint density at radius 2 is 1.79 bits per heavy atom. The number of sulfonamides is 1. The predicted octanol–water partition coefficient (Wildman–Crippen LogP) is 1.05. The summed E-state index contributed by atoms with van der Waals surface area (Å²) in [5, 5.41) is 4.77. The van der Waals surface area contributed by atoms with Crippen molar-refractivity contribution in [1.29, 1.82) is 0 Å². The van der Waals surface area contributed by atoms with Gasteiger partial charge in [-0.2, -0.15) is 21.6 Å². The van der Waals surface area contributed by atoms with Crippen LogP contribution in [0.4, 0.5) is 0 Å². The highest BCUT2D eigenvalue weighted by Gasteiger charge is 2.28. The van der Waals surface area contributed by atoms with Crippen molar-refractivity contribution in [2.45, 2.75) is 30.8 Å². The molecule has 0 bridgehead atoms. The molecule has 12 nitrogen and oxygen atoms in total. The average Bonchev–Trinajstić information content (AvgIpc) is 2.93. The molecule has 1 atom stereocenters. The first kappa shape index (κ1) is 27.4. The van der Waals surface area contributed by atoms with Gasteiger partial charge in [-0.15, -0.1) is 0 Å². The number of carbonyl (C=O) groups is 2. The number of hydrogen-bond donors (Lipinski definition) is 3. The summed E-state index contributed by atoms with van der Waals surface area (Å²) >= 11 is 1.43. The zero-order valence-corrected chi connectivity index (χ0v) is 22.4. The van der Waals surface area contributed by atoms with E-state index in [9.17, 15) is 22.8 Å². The lowest BCUT2D eigenvalue weighted by Crippen LogP contribution is -2.52. The maximum absolute atomic E-state index is 13.1. The summed E-state index contributed by atoms with van der Waals surface area (Å²) in [7, 11) is -4.12. The zero-order chi connectivity index (χ0) is 27.3. The lowest BCUT2D eigenvalue weighted by Gasteiger charge is -2.21. The van der Waals surface area contributed by atoms with Crippen LogP contribution in [0.1, 0.15) is 23.8 Å². The molecule has 0 fully saturated rings. The largest absolute Gasteiger partial charge is 0.486 e. The molecule has 0 radical (unpaired) electrons. The third kappa shape index (κ3) is 5.92. The van der Waals surface area contributed by atoms with Crippen molar-refractivity contribution >= 4 is 44.4 Å². The van der Waals surface area contributed by atoms with Crippen LogP contribution in [-0.2, 0) is 21.4 Å². The number of amides is 2. The number of fused-ring (bicyclic) bond motifs is 2. The van der Waals surface area contributed by atoms with Gasteiger partial charge in [-0.1, -0.05) is 18.2 Å². The summed E-state index contributed by atoms with van der Waals surface area (Å²) in [5.41, 5.74) is 4.18. The summed E-state index contributed by atoms with van der Waals surface area (Å²) in [5.74, 6) is -0.310. The predicted molar refractivity (Wildman–Crippen MR) is 142 cm³/mol. The van der Waals surface area contributed by atoms with Crippen LogP contribution in [0.2, 0.25) is 0 Å². The summed E-state index contributed by atoms with van der Waals surface area (Å²) in [6.07, 6.45) is 1.99. The van der Waals surface area contributed by atoms with Gasteiger partial charge >= 0.3 is 0 Å². The molecule has 1 aliphatic heterocycles. The molecule has 3 aromatic rings. The Morgan fingerprint density at radius 1 is 1.08 bits per heavy atom. The Hall–Kier alpha value is -3.62. The number of benzene rings is 2. The van der Waals surface area contributed by atoms with Crippen molar-refractivity contribution in [3.63, 3.8) is 0 Å². The van der Waals surface area contributed by atoms with Crippen molar-refractivity contribution in [2.24, 2.45) is 0 Å². The van der Waals surface area contributed by atoms with E-state index in [1.54, 1.807) is 31.2 Å². The fourth-order valence-electron chi connectivity index (χ4n) is 3.81. The van der Waals surface area contributed by atoms with Gasteiger partial charge in [-0.3, -0.25) is 25.2 Å². The van der Waals surface area contributed by atoms with Gasteiger partial charge in [0.2, 0.25) is 10.0 Å². The van der Waals surface area contributed by atoms with E-state index in [1.807, 2.05) is 6.26 Å². The van der Waals surface area contributed by atoms with Gasteiger partial charge < -0.3 is 9.47 Å². The minimum Gasteiger partial charge on any atom is -0.486 e. The first-order valence-corrected chi connectivity index (χ1v) is 14.6. The molecule has 0 saturated heterocycles. The van der Waals surface area contributed by atoms with Gasteiger partial charge in [0, 0.05) is 18.0 Å². The van der Waals surface area contributed by atoms with Crippen LogP contribution < -0.4 is 30.6 Å². The number of ether oxygens (including phenoxy) is 2. The van der Waals surface area contributed by atoms with Crippen molar-refractivity contribution in [1.82, 2.24) is 25.4 Å². The average molecular weight is 562 g/mol. The minimum atomic E-state index is -4.12. The smallest absolute Gasteiger partial charge is 0.290 e. The van der Waals surface area contributed by atoms with Crippen LogP contribution in [0, 0.1) is 0 Å². The minimum absolute atomic E-state index is 0.0557. The first-order chi connectivity index (χ1) is 18.2. The maximum Gasteiger partial charge on any atom is 0.290 e. The second-order valence-electron chi connectivity index (χ2n) is 8.22. The highest BCUT2D eigenvalue weighted by atomic mass is 32.2. The van der Waals surface area contributed by atoms with Crippen LogP contribution in [0.5, 0.6) is 11.5 Å². The third-order valence-corrected chi connectivity index (χ3v) is 7.84. The lowest BCUT2D eigenvalue weighted by molar-refractivity contribution is -0.123. The second-order valence-corrected chi connectivity index (χ2v) is 10.9. The molecule has 2 amide bonds. The van der Waals surface area contributed by atoms with Gasteiger partial charge in [0.15, 0.2) is 17.2 Å². The van der Waals surface area contributed by atoms with E-state index in [2.05, 4.69) is 20.7 Å². The normalized spacial score (nSPS) is 13.6. The van der Waals surface area contributed by atoms with Crippen LogP contribution in [0.3, 0.4) is 0 Å². The summed E-state index contributed by atoms with van der Waals surface area (Å²) in [6, 6.07) is 9.53. The van der Waals surface area contributed by atoms with E-state index in [4.69, 9.17) is 9.47 Å². The number of hydrazine groups is 1. The SMILES string of the molecule is CCn1nc(C(=O)NNC(=O)C(CCSC)NS(=O)(=O)c2ccc3c(c2)OCCO3)c2ccccc2c1=O. The molecule has 14 heteroatoms. The highest BCUT2D eigenvalue weighted by molar-refractivity contribution is 7.98. The first-order valence-electron chi connectivity index (χ1n) is 11.8. The van der Waals surface area contributed by atoms with Gasteiger partial charge in [0.1, 0.15) is 19.3 Å². The molecular formula is C24H27N5O7S2. The molecule has 2 heterocycles. The van der Waals surface area contributed by atoms with E-state index < -0.39 is 27.9 Å². The fraction of sp³-hybridized carbons (Fsp3) is 0.333. The molecule has 2 aromatic carbocycles. The van der Waals surface area contributed by atoms with Crippen LogP contribution in [0.15, 0.2) is 52.2 Å². The van der Waals surface area contributed by atoms with E-state index >= 15 is 0 Å². The van der Waals surface area contributed by atoms with Gasteiger partial charge in [-0.05, 0) is 43.6 Å². The molecule has 3 N–H and O–H groups in total. The number of carbonyl (C=O) groups excluding carboxylic acids is 2. The van der Waals surface area contributed by atoms with Crippen molar-refractivity contribution in [3.8, 4) is 11.5 Å². The van der Waals surface area contributed by atoms with Crippen molar-refractivity contribution in [2.75, 3.05) is 25.2 Å². The Balaban J connectivity index is 1.51. The molecule has 38 heavy (non-hydrogen) atoms. The van der Waals surface area contributed by atoms with E-state index in [0.717, 1.165) is 4.68 Å². The van der Waals surface area contributed by atoms with E-state index in [-0.39, 0.29) is 29.1 Å². The number of nitrogens with zero attached hydrogens (tertiary/aromatic N) is 2. The Kier molecular flexibility index (Phi) is 8.54. The molecule has 0 saturated carbocycles. The topological polar surface area (TPSA) is 158 Å².